The van der Waals surface area contributed by atoms with Crippen molar-refractivity contribution in [3.63, 3.8) is 0 Å². The summed E-state index contributed by atoms with van der Waals surface area (Å²) < 4.78 is 11.0. The standard InChI is InChI=1S/C24H30O3/c1-4-5-9-24(23-10-7-6-8-19(23)2)21(17-25)15-16-27-18-20-11-13-22(26-3)14-12-20/h6-8,10-14,17H,4-5,9,15-16,18H2,1-3H3/b24-21-. The number of hydrogen-bond donors (Lipinski definition) is 0. The second-order valence-electron chi connectivity index (χ2n) is 6.69. The molecular weight excluding hydrogens is 336 g/mol. The maximum Gasteiger partial charge on any atom is 0.146 e. The van der Waals surface area contributed by atoms with Gasteiger partial charge in [-0.25, -0.2) is 0 Å². The van der Waals surface area contributed by atoms with Gasteiger partial charge in [0.1, 0.15) is 12.0 Å². The van der Waals surface area contributed by atoms with Crippen molar-refractivity contribution in [3.05, 3.63) is 70.8 Å². The summed E-state index contributed by atoms with van der Waals surface area (Å²) in [6.07, 6.45) is 4.75. The first-order valence-corrected chi connectivity index (χ1v) is 9.63. The highest BCUT2D eigenvalue weighted by Crippen LogP contribution is 2.28. The lowest BCUT2D eigenvalue weighted by Gasteiger charge is -2.15. The highest BCUT2D eigenvalue weighted by atomic mass is 16.5. The van der Waals surface area contributed by atoms with Crippen molar-refractivity contribution in [2.75, 3.05) is 13.7 Å². The molecule has 0 saturated heterocycles. The Kier molecular flexibility index (Phi) is 8.79. The molecule has 0 spiro atoms. The van der Waals surface area contributed by atoms with Crippen LogP contribution >= 0.6 is 0 Å². The Morgan fingerprint density at radius 3 is 2.41 bits per heavy atom. The van der Waals surface area contributed by atoms with Crippen LogP contribution in [0, 0.1) is 6.92 Å². The minimum Gasteiger partial charge on any atom is -0.497 e. The second kappa shape index (κ2) is 11.3. The topological polar surface area (TPSA) is 35.5 Å². The van der Waals surface area contributed by atoms with Crippen molar-refractivity contribution in [2.45, 2.75) is 46.1 Å². The van der Waals surface area contributed by atoms with E-state index in [-0.39, 0.29) is 0 Å². The number of aryl methyl sites for hydroxylation is 1. The molecule has 0 bridgehead atoms. The normalized spacial score (nSPS) is 11.8. The largest absolute Gasteiger partial charge is 0.497 e. The maximum absolute atomic E-state index is 11.8. The molecule has 0 fully saturated rings. The Bertz CT molecular complexity index is 744. The number of carbonyl (C=O) groups is 1. The molecule has 0 aliphatic carbocycles. The van der Waals surface area contributed by atoms with Crippen molar-refractivity contribution < 1.29 is 14.3 Å². The van der Waals surface area contributed by atoms with E-state index < -0.39 is 0 Å². The third-order valence-electron chi connectivity index (χ3n) is 4.72. The van der Waals surface area contributed by atoms with Gasteiger partial charge < -0.3 is 9.47 Å². The van der Waals surface area contributed by atoms with Crippen LogP contribution in [0.1, 0.15) is 49.3 Å². The van der Waals surface area contributed by atoms with Crippen LogP contribution in [0.5, 0.6) is 5.75 Å². The van der Waals surface area contributed by atoms with Crippen molar-refractivity contribution in [3.8, 4) is 5.75 Å². The Labute approximate surface area is 163 Å². The van der Waals surface area contributed by atoms with E-state index in [1.807, 2.05) is 36.4 Å². The summed E-state index contributed by atoms with van der Waals surface area (Å²) in [7, 11) is 1.66. The molecule has 2 rings (SSSR count). The monoisotopic (exact) mass is 366 g/mol. The van der Waals surface area contributed by atoms with Gasteiger partial charge in [0.2, 0.25) is 0 Å². The zero-order valence-corrected chi connectivity index (χ0v) is 16.7. The summed E-state index contributed by atoms with van der Waals surface area (Å²) in [4.78, 5) is 11.8. The fourth-order valence-electron chi connectivity index (χ4n) is 3.11. The second-order valence-corrected chi connectivity index (χ2v) is 6.69. The van der Waals surface area contributed by atoms with Gasteiger partial charge in [-0.3, -0.25) is 4.79 Å². The highest BCUT2D eigenvalue weighted by Gasteiger charge is 2.11. The summed E-state index contributed by atoms with van der Waals surface area (Å²) in [5.74, 6) is 0.837. The fourth-order valence-corrected chi connectivity index (χ4v) is 3.11. The Morgan fingerprint density at radius 2 is 1.78 bits per heavy atom. The summed E-state index contributed by atoms with van der Waals surface area (Å²) in [5.41, 5.74) is 5.51. The third kappa shape index (κ3) is 6.37. The SMILES string of the molecule is CCCC/C(=C(/C=O)CCOCc1ccc(OC)cc1)c1ccccc1C. The number of benzene rings is 2. The van der Waals surface area contributed by atoms with Crippen LogP contribution < -0.4 is 4.74 Å². The first kappa shape index (κ1) is 20.9. The molecule has 2 aromatic rings. The van der Waals surface area contributed by atoms with Crippen molar-refractivity contribution in [1.82, 2.24) is 0 Å². The van der Waals surface area contributed by atoms with Crippen LogP contribution in [0.25, 0.3) is 5.57 Å². The lowest BCUT2D eigenvalue weighted by Crippen LogP contribution is -2.02. The summed E-state index contributed by atoms with van der Waals surface area (Å²) in [6.45, 7) is 5.34. The molecule has 3 heteroatoms. The fraction of sp³-hybridized carbons (Fsp3) is 0.375. The lowest BCUT2D eigenvalue weighted by atomic mass is 9.91. The molecule has 0 N–H and O–H groups in total. The average molecular weight is 367 g/mol. The molecule has 2 aromatic carbocycles. The van der Waals surface area contributed by atoms with E-state index in [2.05, 4.69) is 26.0 Å². The minimum atomic E-state index is 0.529. The van der Waals surface area contributed by atoms with E-state index in [4.69, 9.17) is 9.47 Å². The number of allylic oxidation sites excluding steroid dienone is 1. The van der Waals surface area contributed by atoms with E-state index in [9.17, 15) is 4.79 Å². The van der Waals surface area contributed by atoms with Gasteiger partial charge in [-0.05, 0) is 66.2 Å². The number of aldehydes is 1. The van der Waals surface area contributed by atoms with Gasteiger partial charge >= 0.3 is 0 Å². The van der Waals surface area contributed by atoms with E-state index in [0.717, 1.165) is 48.0 Å². The predicted molar refractivity (Wildman–Crippen MR) is 111 cm³/mol. The third-order valence-corrected chi connectivity index (χ3v) is 4.72. The quantitative estimate of drug-likeness (QED) is 0.288. The van der Waals surface area contributed by atoms with Crippen molar-refractivity contribution in [1.29, 1.82) is 0 Å². The van der Waals surface area contributed by atoms with E-state index in [0.29, 0.717) is 19.6 Å². The van der Waals surface area contributed by atoms with E-state index in [1.165, 1.54) is 11.1 Å². The Morgan fingerprint density at radius 1 is 1.04 bits per heavy atom. The summed E-state index contributed by atoms with van der Waals surface area (Å²) >= 11 is 0. The van der Waals surface area contributed by atoms with Crippen LogP contribution in [0.2, 0.25) is 0 Å². The molecule has 144 valence electrons. The average Bonchev–Trinajstić information content (AvgIpc) is 2.71. The van der Waals surface area contributed by atoms with Crippen LogP contribution in [-0.4, -0.2) is 20.0 Å². The number of methoxy groups -OCH3 is 1. The molecule has 0 atom stereocenters. The van der Waals surface area contributed by atoms with E-state index in [1.54, 1.807) is 7.11 Å². The number of carbonyl (C=O) groups excluding carboxylic acids is 1. The van der Waals surface area contributed by atoms with Gasteiger partial charge in [-0.1, -0.05) is 49.7 Å². The number of hydrogen-bond acceptors (Lipinski definition) is 3. The van der Waals surface area contributed by atoms with Crippen LogP contribution in [0.4, 0.5) is 0 Å². The summed E-state index contributed by atoms with van der Waals surface area (Å²) in [6, 6.07) is 16.1. The van der Waals surface area contributed by atoms with Gasteiger partial charge in [0.15, 0.2) is 0 Å². The molecule has 0 heterocycles. The maximum atomic E-state index is 11.8. The molecule has 0 aliphatic heterocycles. The molecule has 0 aromatic heterocycles. The lowest BCUT2D eigenvalue weighted by molar-refractivity contribution is -0.105. The molecule has 0 unspecified atom stereocenters. The molecule has 3 nitrogen and oxygen atoms in total. The molecular formula is C24H30O3. The molecule has 27 heavy (non-hydrogen) atoms. The van der Waals surface area contributed by atoms with Crippen LogP contribution in [0.15, 0.2) is 54.1 Å². The van der Waals surface area contributed by atoms with Gasteiger partial charge in [0.05, 0.1) is 20.3 Å². The molecule has 0 amide bonds. The van der Waals surface area contributed by atoms with Gasteiger partial charge in [-0.15, -0.1) is 0 Å². The smallest absolute Gasteiger partial charge is 0.146 e. The summed E-state index contributed by atoms with van der Waals surface area (Å²) in [5, 5.41) is 0. The number of unbranched alkanes of at least 4 members (excludes halogenated alkanes) is 1. The van der Waals surface area contributed by atoms with Crippen LogP contribution in [0.3, 0.4) is 0 Å². The van der Waals surface area contributed by atoms with Gasteiger partial charge in [0, 0.05) is 0 Å². The van der Waals surface area contributed by atoms with Gasteiger partial charge in [-0.2, -0.15) is 0 Å². The Hall–Kier alpha value is -2.39. The first-order chi connectivity index (χ1) is 13.2. The van der Waals surface area contributed by atoms with E-state index >= 15 is 0 Å². The van der Waals surface area contributed by atoms with Crippen molar-refractivity contribution in [2.24, 2.45) is 0 Å². The molecule has 0 radical (unpaired) electrons. The Balaban J connectivity index is 2.03. The van der Waals surface area contributed by atoms with Gasteiger partial charge in [0.25, 0.3) is 0 Å². The zero-order valence-electron chi connectivity index (χ0n) is 16.7. The van der Waals surface area contributed by atoms with Crippen LogP contribution in [-0.2, 0) is 16.1 Å². The number of rotatable bonds is 11. The predicted octanol–water partition coefficient (Wildman–Crippen LogP) is 5.75. The molecule has 0 aliphatic rings. The first-order valence-electron chi connectivity index (χ1n) is 9.63. The zero-order chi connectivity index (χ0) is 19.5. The molecule has 0 saturated carbocycles. The highest BCUT2D eigenvalue weighted by molar-refractivity contribution is 5.88. The van der Waals surface area contributed by atoms with Crippen molar-refractivity contribution >= 4 is 11.9 Å². The number of ether oxygens (including phenoxy) is 2. The minimum absolute atomic E-state index is 0.529.